The molecule has 0 saturated heterocycles. The third-order valence-electron chi connectivity index (χ3n) is 4.28. The average molecular weight is 376 g/mol. The van der Waals surface area contributed by atoms with E-state index in [0.29, 0.717) is 30.3 Å². The van der Waals surface area contributed by atoms with E-state index in [-0.39, 0.29) is 5.91 Å². The minimum Gasteiger partial charge on any atom is -0.360 e. The molecule has 1 N–H and O–H groups in total. The molecule has 0 unspecified atom stereocenters. The Bertz CT molecular complexity index is 1130. The SMILES string of the molecule is CCOCn1cc(NC(=O)c2cc(-c3cnn(C)c3)nc3ccccc23)cn1. The van der Waals surface area contributed by atoms with Gasteiger partial charge in [-0.1, -0.05) is 18.2 Å². The van der Waals surface area contributed by atoms with Crippen LogP contribution >= 0.6 is 0 Å². The number of nitrogens with one attached hydrogen (secondary N) is 1. The minimum absolute atomic E-state index is 0.222. The number of nitrogens with zero attached hydrogens (tertiary/aromatic N) is 5. The highest BCUT2D eigenvalue weighted by Gasteiger charge is 2.15. The smallest absolute Gasteiger partial charge is 0.256 e. The fourth-order valence-electron chi connectivity index (χ4n) is 2.95. The van der Waals surface area contributed by atoms with Gasteiger partial charge in [0.15, 0.2) is 0 Å². The molecular weight excluding hydrogens is 356 g/mol. The third kappa shape index (κ3) is 3.63. The van der Waals surface area contributed by atoms with Gasteiger partial charge in [0, 0.05) is 30.8 Å². The molecule has 0 aliphatic heterocycles. The average Bonchev–Trinajstić information content (AvgIpc) is 3.34. The van der Waals surface area contributed by atoms with E-state index in [1.807, 2.05) is 44.4 Å². The van der Waals surface area contributed by atoms with Crippen LogP contribution in [-0.2, 0) is 18.5 Å². The number of benzene rings is 1. The highest BCUT2D eigenvalue weighted by molar-refractivity contribution is 6.13. The molecule has 0 aliphatic carbocycles. The summed E-state index contributed by atoms with van der Waals surface area (Å²) >= 11 is 0. The van der Waals surface area contributed by atoms with Crippen molar-refractivity contribution in [2.75, 3.05) is 11.9 Å². The fourth-order valence-corrected chi connectivity index (χ4v) is 2.95. The second-order valence-electron chi connectivity index (χ2n) is 6.32. The zero-order valence-corrected chi connectivity index (χ0v) is 15.7. The summed E-state index contributed by atoms with van der Waals surface area (Å²) in [5.74, 6) is -0.222. The van der Waals surface area contributed by atoms with Crippen molar-refractivity contribution >= 4 is 22.5 Å². The first-order valence-electron chi connectivity index (χ1n) is 8.94. The van der Waals surface area contributed by atoms with E-state index in [0.717, 1.165) is 16.5 Å². The molecule has 28 heavy (non-hydrogen) atoms. The number of rotatable bonds is 6. The fraction of sp³-hybridized carbons (Fsp3) is 0.200. The Balaban J connectivity index is 1.68. The van der Waals surface area contributed by atoms with Crippen LogP contribution in [0.25, 0.3) is 22.2 Å². The summed E-state index contributed by atoms with van der Waals surface area (Å²) in [7, 11) is 1.85. The summed E-state index contributed by atoms with van der Waals surface area (Å²) in [6.07, 6.45) is 6.94. The number of para-hydroxylation sites is 1. The summed E-state index contributed by atoms with van der Waals surface area (Å²) in [5, 5.41) is 12.1. The number of aromatic nitrogens is 5. The number of carbonyl (C=O) groups is 1. The maximum absolute atomic E-state index is 13.0. The number of hydrogen-bond acceptors (Lipinski definition) is 5. The lowest BCUT2D eigenvalue weighted by Crippen LogP contribution is -2.12. The first-order chi connectivity index (χ1) is 13.6. The Labute approximate surface area is 161 Å². The molecule has 0 bridgehead atoms. The Morgan fingerprint density at radius 3 is 2.82 bits per heavy atom. The standard InChI is InChI=1S/C20H20N6O2/c1-3-28-13-26-12-15(10-22-26)23-20(27)17-8-19(14-9-21-25(2)11-14)24-18-7-5-4-6-16(17)18/h4-12H,3,13H2,1-2H3,(H,23,27). The molecule has 1 amide bonds. The van der Waals surface area contributed by atoms with E-state index in [2.05, 4.69) is 20.5 Å². The van der Waals surface area contributed by atoms with Crippen molar-refractivity contribution in [3.8, 4) is 11.3 Å². The predicted molar refractivity (Wildman–Crippen MR) is 106 cm³/mol. The van der Waals surface area contributed by atoms with E-state index in [1.54, 1.807) is 34.0 Å². The molecule has 1 aromatic carbocycles. The van der Waals surface area contributed by atoms with Gasteiger partial charge in [0.05, 0.1) is 41.1 Å². The van der Waals surface area contributed by atoms with Crippen molar-refractivity contribution in [3.05, 3.63) is 60.7 Å². The van der Waals surface area contributed by atoms with Gasteiger partial charge in [-0.25, -0.2) is 9.67 Å². The van der Waals surface area contributed by atoms with Gasteiger partial charge >= 0.3 is 0 Å². The number of fused-ring (bicyclic) bond motifs is 1. The lowest BCUT2D eigenvalue weighted by Gasteiger charge is -2.09. The van der Waals surface area contributed by atoms with Crippen LogP contribution in [0.2, 0.25) is 0 Å². The van der Waals surface area contributed by atoms with E-state index in [9.17, 15) is 4.79 Å². The van der Waals surface area contributed by atoms with Crippen LogP contribution in [0.5, 0.6) is 0 Å². The van der Waals surface area contributed by atoms with Crippen LogP contribution in [0.15, 0.2) is 55.1 Å². The molecule has 8 nitrogen and oxygen atoms in total. The Morgan fingerprint density at radius 2 is 2.04 bits per heavy atom. The van der Waals surface area contributed by atoms with Crippen LogP contribution in [-0.4, -0.2) is 37.1 Å². The Kier molecular flexibility index (Phi) is 4.86. The molecule has 0 aliphatic rings. The second kappa shape index (κ2) is 7.61. The number of amides is 1. The van der Waals surface area contributed by atoms with Gasteiger partial charge in [0.1, 0.15) is 6.73 Å². The maximum atomic E-state index is 13.0. The van der Waals surface area contributed by atoms with E-state index < -0.39 is 0 Å². The largest absolute Gasteiger partial charge is 0.360 e. The van der Waals surface area contributed by atoms with Gasteiger partial charge in [-0.05, 0) is 19.1 Å². The number of hydrogen-bond donors (Lipinski definition) is 1. The van der Waals surface area contributed by atoms with Gasteiger partial charge in [-0.2, -0.15) is 10.2 Å². The number of carbonyl (C=O) groups excluding carboxylic acids is 1. The van der Waals surface area contributed by atoms with E-state index >= 15 is 0 Å². The lowest BCUT2D eigenvalue weighted by atomic mass is 10.0. The molecule has 4 aromatic rings. The minimum atomic E-state index is -0.222. The van der Waals surface area contributed by atoms with Gasteiger partial charge < -0.3 is 10.1 Å². The summed E-state index contributed by atoms with van der Waals surface area (Å²) in [5.41, 5.74) is 3.45. The monoisotopic (exact) mass is 376 g/mol. The van der Waals surface area contributed by atoms with Crippen molar-refractivity contribution in [1.82, 2.24) is 24.5 Å². The number of aryl methyl sites for hydroxylation is 1. The van der Waals surface area contributed by atoms with Gasteiger partial charge in [-0.15, -0.1) is 0 Å². The Hall–Kier alpha value is -3.52. The zero-order chi connectivity index (χ0) is 19.5. The molecule has 0 fully saturated rings. The van der Waals surface area contributed by atoms with Crippen molar-refractivity contribution in [2.24, 2.45) is 7.05 Å². The molecular formula is C20H20N6O2. The van der Waals surface area contributed by atoms with E-state index in [4.69, 9.17) is 4.74 Å². The predicted octanol–water partition coefficient (Wildman–Crippen LogP) is 3.08. The highest BCUT2D eigenvalue weighted by atomic mass is 16.5. The maximum Gasteiger partial charge on any atom is 0.256 e. The third-order valence-corrected chi connectivity index (χ3v) is 4.28. The summed E-state index contributed by atoms with van der Waals surface area (Å²) in [6, 6.07) is 9.38. The van der Waals surface area contributed by atoms with Crippen molar-refractivity contribution in [2.45, 2.75) is 13.7 Å². The molecule has 0 spiro atoms. The number of pyridine rings is 1. The van der Waals surface area contributed by atoms with Gasteiger partial charge in [-0.3, -0.25) is 9.48 Å². The first-order valence-corrected chi connectivity index (χ1v) is 8.94. The van der Waals surface area contributed by atoms with E-state index in [1.165, 1.54) is 0 Å². The molecule has 3 heterocycles. The van der Waals surface area contributed by atoms with Crippen LogP contribution < -0.4 is 5.32 Å². The molecule has 3 aromatic heterocycles. The summed E-state index contributed by atoms with van der Waals surface area (Å²) in [6.45, 7) is 2.86. The van der Waals surface area contributed by atoms with Gasteiger partial charge in [0.2, 0.25) is 0 Å². The van der Waals surface area contributed by atoms with Crippen LogP contribution in [0, 0.1) is 0 Å². The topological polar surface area (TPSA) is 86.9 Å². The molecule has 142 valence electrons. The lowest BCUT2D eigenvalue weighted by molar-refractivity contribution is 0.0792. The highest BCUT2D eigenvalue weighted by Crippen LogP contribution is 2.25. The van der Waals surface area contributed by atoms with Crippen molar-refractivity contribution in [1.29, 1.82) is 0 Å². The van der Waals surface area contributed by atoms with Crippen LogP contribution in [0.4, 0.5) is 5.69 Å². The number of anilines is 1. The molecule has 8 heteroatoms. The van der Waals surface area contributed by atoms with Gasteiger partial charge in [0.25, 0.3) is 5.91 Å². The summed E-state index contributed by atoms with van der Waals surface area (Å²) in [4.78, 5) is 17.7. The molecule has 0 radical (unpaired) electrons. The zero-order valence-electron chi connectivity index (χ0n) is 15.7. The molecule has 0 saturated carbocycles. The molecule has 0 atom stereocenters. The quantitative estimate of drug-likeness (QED) is 0.559. The summed E-state index contributed by atoms with van der Waals surface area (Å²) < 4.78 is 8.66. The number of ether oxygens (including phenoxy) is 1. The Morgan fingerprint density at radius 1 is 1.18 bits per heavy atom. The normalized spacial score (nSPS) is 11.1. The first kappa shape index (κ1) is 17.9. The van der Waals surface area contributed by atoms with Crippen molar-refractivity contribution < 1.29 is 9.53 Å². The van der Waals surface area contributed by atoms with Crippen molar-refractivity contribution in [3.63, 3.8) is 0 Å². The second-order valence-corrected chi connectivity index (χ2v) is 6.32. The van der Waals surface area contributed by atoms with Crippen LogP contribution in [0.3, 0.4) is 0 Å². The van der Waals surface area contributed by atoms with Crippen LogP contribution in [0.1, 0.15) is 17.3 Å². The molecule has 4 rings (SSSR count).